The Balaban J connectivity index is 2.59. The number of rotatable bonds is 2. The predicted molar refractivity (Wildman–Crippen MR) is 65.8 cm³/mol. The van der Waals surface area contributed by atoms with Crippen LogP contribution in [0.5, 0.6) is 0 Å². The van der Waals surface area contributed by atoms with Gasteiger partial charge in [-0.3, -0.25) is 0 Å². The standard InChI is InChI=1S/C12H12N2O2S/c1-17(15,16)12(11-7-14-8-11)10-4-2-3-9(5-10)6-13/h2-5,14H,7-8H2,1H3. The number of sulfone groups is 1. The van der Waals surface area contributed by atoms with Crippen molar-refractivity contribution in [3.8, 4) is 6.07 Å². The molecule has 1 N–H and O–H groups in total. The number of nitrogens with one attached hydrogen (secondary N) is 1. The molecule has 0 unspecified atom stereocenters. The van der Waals surface area contributed by atoms with Crippen LogP contribution in [-0.2, 0) is 9.84 Å². The molecule has 0 atom stereocenters. The lowest BCUT2D eigenvalue weighted by molar-refractivity contribution is 0.609. The van der Waals surface area contributed by atoms with Gasteiger partial charge in [0, 0.05) is 19.3 Å². The van der Waals surface area contributed by atoms with Gasteiger partial charge >= 0.3 is 0 Å². The van der Waals surface area contributed by atoms with Crippen molar-refractivity contribution in [1.29, 1.82) is 5.26 Å². The third kappa shape index (κ3) is 2.38. The van der Waals surface area contributed by atoms with Crippen molar-refractivity contribution >= 4 is 14.7 Å². The number of benzene rings is 1. The Morgan fingerprint density at radius 1 is 1.41 bits per heavy atom. The van der Waals surface area contributed by atoms with Crippen LogP contribution < -0.4 is 5.32 Å². The molecule has 1 aliphatic heterocycles. The number of nitriles is 1. The third-order valence-electron chi connectivity index (χ3n) is 2.62. The summed E-state index contributed by atoms with van der Waals surface area (Å²) in [4.78, 5) is 0.355. The summed E-state index contributed by atoms with van der Waals surface area (Å²) in [6, 6.07) is 8.71. The van der Waals surface area contributed by atoms with E-state index in [0.717, 1.165) is 5.57 Å². The molecule has 1 saturated heterocycles. The summed E-state index contributed by atoms with van der Waals surface area (Å²) in [5, 5.41) is 11.9. The van der Waals surface area contributed by atoms with Gasteiger partial charge in [-0.2, -0.15) is 5.26 Å². The van der Waals surface area contributed by atoms with E-state index in [9.17, 15) is 8.42 Å². The largest absolute Gasteiger partial charge is 0.309 e. The van der Waals surface area contributed by atoms with E-state index in [2.05, 4.69) is 5.32 Å². The molecule has 0 spiro atoms. The topological polar surface area (TPSA) is 70.0 Å². The highest BCUT2D eigenvalue weighted by Gasteiger charge is 2.23. The molecule has 0 amide bonds. The van der Waals surface area contributed by atoms with Crippen LogP contribution in [0.15, 0.2) is 29.8 Å². The van der Waals surface area contributed by atoms with Crippen LogP contribution in [-0.4, -0.2) is 27.8 Å². The second kappa shape index (κ2) is 4.32. The van der Waals surface area contributed by atoms with Crippen molar-refractivity contribution in [3.05, 3.63) is 41.0 Å². The molecule has 1 aliphatic rings. The average molecular weight is 248 g/mol. The summed E-state index contributed by atoms with van der Waals surface area (Å²) in [6.07, 6.45) is 1.20. The first-order chi connectivity index (χ1) is 8.02. The van der Waals surface area contributed by atoms with Gasteiger partial charge in [0.15, 0.2) is 9.84 Å². The Bertz CT molecular complexity index is 618. The van der Waals surface area contributed by atoms with Crippen molar-refractivity contribution in [1.82, 2.24) is 5.32 Å². The number of hydrogen-bond donors (Lipinski definition) is 1. The predicted octanol–water partition coefficient (Wildman–Crippen LogP) is 0.917. The molecule has 4 nitrogen and oxygen atoms in total. The lowest BCUT2D eigenvalue weighted by atomic mass is 10.0. The summed E-state index contributed by atoms with van der Waals surface area (Å²) in [6.45, 7) is 1.19. The molecule has 1 fully saturated rings. The first kappa shape index (κ1) is 11.8. The zero-order chi connectivity index (χ0) is 12.5. The van der Waals surface area contributed by atoms with Gasteiger partial charge in [-0.05, 0) is 23.3 Å². The Hall–Kier alpha value is -1.64. The van der Waals surface area contributed by atoms with Gasteiger partial charge in [0.2, 0.25) is 0 Å². The van der Waals surface area contributed by atoms with Crippen molar-refractivity contribution in [2.24, 2.45) is 0 Å². The second-order valence-electron chi connectivity index (χ2n) is 4.00. The van der Waals surface area contributed by atoms with Gasteiger partial charge in [-0.15, -0.1) is 0 Å². The Morgan fingerprint density at radius 3 is 2.59 bits per heavy atom. The molecule has 1 aromatic rings. The highest BCUT2D eigenvalue weighted by atomic mass is 32.2. The molecule has 0 radical (unpaired) electrons. The van der Waals surface area contributed by atoms with Gasteiger partial charge < -0.3 is 5.32 Å². The molecule has 0 aromatic heterocycles. The van der Waals surface area contributed by atoms with Gasteiger partial charge in [0.05, 0.1) is 16.5 Å². The Labute approximate surface area is 100 Å². The number of hydrogen-bond acceptors (Lipinski definition) is 4. The van der Waals surface area contributed by atoms with E-state index in [-0.39, 0.29) is 0 Å². The van der Waals surface area contributed by atoms with E-state index in [0.29, 0.717) is 29.1 Å². The minimum atomic E-state index is -3.27. The van der Waals surface area contributed by atoms with Crippen LogP contribution in [0.4, 0.5) is 0 Å². The molecule has 88 valence electrons. The Morgan fingerprint density at radius 2 is 2.12 bits per heavy atom. The SMILES string of the molecule is CS(=O)(=O)C(=C1CNC1)c1cccc(C#N)c1. The van der Waals surface area contributed by atoms with Gasteiger partial charge in [0.1, 0.15) is 0 Å². The van der Waals surface area contributed by atoms with Crippen LogP contribution in [0.25, 0.3) is 4.91 Å². The second-order valence-corrected chi connectivity index (χ2v) is 5.95. The van der Waals surface area contributed by atoms with Gasteiger partial charge in [-0.1, -0.05) is 12.1 Å². The van der Waals surface area contributed by atoms with Crippen LogP contribution in [0, 0.1) is 11.3 Å². The minimum Gasteiger partial charge on any atom is -0.309 e. The van der Waals surface area contributed by atoms with Crippen LogP contribution in [0.2, 0.25) is 0 Å². The third-order valence-corrected chi connectivity index (χ3v) is 3.89. The molecule has 2 rings (SSSR count). The summed E-state index contributed by atoms with van der Waals surface area (Å²) < 4.78 is 23.6. The quantitative estimate of drug-likeness (QED) is 0.844. The van der Waals surface area contributed by atoms with E-state index >= 15 is 0 Å². The molecule has 0 bridgehead atoms. The summed E-state index contributed by atoms with van der Waals surface area (Å²) >= 11 is 0. The zero-order valence-corrected chi connectivity index (χ0v) is 10.2. The normalized spacial score (nSPS) is 14.9. The molecule has 0 saturated carbocycles. The van der Waals surface area contributed by atoms with Crippen LogP contribution >= 0.6 is 0 Å². The van der Waals surface area contributed by atoms with Crippen molar-refractivity contribution in [2.75, 3.05) is 19.3 Å². The van der Waals surface area contributed by atoms with E-state index in [1.165, 1.54) is 6.26 Å². The van der Waals surface area contributed by atoms with Crippen LogP contribution in [0.3, 0.4) is 0 Å². The summed E-state index contributed by atoms with van der Waals surface area (Å²) in [5.74, 6) is 0. The molecule has 17 heavy (non-hydrogen) atoms. The monoisotopic (exact) mass is 248 g/mol. The molecule has 1 heterocycles. The highest BCUT2D eigenvalue weighted by molar-refractivity contribution is 8.00. The lowest BCUT2D eigenvalue weighted by Gasteiger charge is -2.23. The van der Waals surface area contributed by atoms with E-state index in [1.807, 2.05) is 6.07 Å². The van der Waals surface area contributed by atoms with Crippen molar-refractivity contribution in [2.45, 2.75) is 0 Å². The van der Waals surface area contributed by atoms with Crippen LogP contribution in [0.1, 0.15) is 11.1 Å². The first-order valence-corrected chi connectivity index (χ1v) is 7.05. The van der Waals surface area contributed by atoms with Crippen molar-refractivity contribution in [3.63, 3.8) is 0 Å². The summed E-state index contributed by atoms with van der Waals surface area (Å²) in [7, 11) is -3.27. The van der Waals surface area contributed by atoms with Gasteiger partial charge in [-0.25, -0.2) is 8.42 Å². The average Bonchev–Trinajstić information content (AvgIpc) is 2.21. The first-order valence-electron chi connectivity index (χ1n) is 5.15. The zero-order valence-electron chi connectivity index (χ0n) is 9.40. The maximum atomic E-state index is 11.8. The molecular formula is C12H12N2O2S. The Kier molecular flexibility index (Phi) is 3.01. The molecule has 0 aliphatic carbocycles. The fourth-order valence-electron chi connectivity index (χ4n) is 1.82. The number of nitrogens with zero attached hydrogens (tertiary/aromatic N) is 1. The summed E-state index contributed by atoms with van der Waals surface area (Å²) in [5.41, 5.74) is 1.95. The lowest BCUT2D eigenvalue weighted by Crippen LogP contribution is -2.35. The minimum absolute atomic E-state index is 0.355. The van der Waals surface area contributed by atoms with E-state index in [1.54, 1.807) is 24.3 Å². The smallest absolute Gasteiger partial charge is 0.176 e. The highest BCUT2D eigenvalue weighted by Crippen LogP contribution is 2.26. The molecule has 5 heteroatoms. The maximum absolute atomic E-state index is 11.8. The molecule has 1 aromatic carbocycles. The fraction of sp³-hybridized carbons (Fsp3) is 0.250. The van der Waals surface area contributed by atoms with E-state index < -0.39 is 9.84 Å². The fourth-order valence-corrected chi connectivity index (χ4v) is 3.04. The van der Waals surface area contributed by atoms with Gasteiger partial charge in [0.25, 0.3) is 0 Å². The van der Waals surface area contributed by atoms with E-state index in [4.69, 9.17) is 5.26 Å². The molecular weight excluding hydrogens is 236 g/mol. The van der Waals surface area contributed by atoms with Crippen molar-refractivity contribution < 1.29 is 8.42 Å². The maximum Gasteiger partial charge on any atom is 0.176 e.